The van der Waals surface area contributed by atoms with Crippen molar-refractivity contribution in [3.05, 3.63) is 75.6 Å². The Labute approximate surface area is 181 Å². The van der Waals surface area contributed by atoms with Crippen LogP contribution in [0.2, 0.25) is 0 Å². The Morgan fingerprint density at radius 3 is 2.35 bits per heavy atom. The summed E-state index contributed by atoms with van der Waals surface area (Å²) < 4.78 is 13.3. The van der Waals surface area contributed by atoms with Gasteiger partial charge in [0.05, 0.1) is 11.3 Å². The zero-order valence-corrected chi connectivity index (χ0v) is 18.0. The van der Waals surface area contributed by atoms with Gasteiger partial charge in [-0.05, 0) is 30.0 Å². The molecule has 31 heavy (non-hydrogen) atoms. The summed E-state index contributed by atoms with van der Waals surface area (Å²) in [5, 5.41) is 14.2. The Morgan fingerprint density at radius 1 is 1.13 bits per heavy atom. The van der Waals surface area contributed by atoms with Crippen LogP contribution in [-0.2, 0) is 22.6 Å². The fraction of sp³-hybridized carbons (Fsp3) is 0.391. The van der Waals surface area contributed by atoms with Gasteiger partial charge in [0.2, 0.25) is 11.8 Å². The van der Waals surface area contributed by atoms with Gasteiger partial charge in [-0.25, -0.2) is 4.39 Å². The van der Waals surface area contributed by atoms with Crippen molar-refractivity contribution in [1.82, 2.24) is 10.2 Å². The predicted octanol–water partition coefficient (Wildman–Crippen LogP) is 3.86. The van der Waals surface area contributed by atoms with Crippen molar-refractivity contribution in [2.45, 2.75) is 46.2 Å². The molecule has 0 heterocycles. The largest absolute Gasteiger partial charge is 0.354 e. The van der Waals surface area contributed by atoms with Crippen LogP contribution in [0, 0.1) is 21.8 Å². The molecule has 8 heteroatoms. The Hall–Kier alpha value is -3.29. The van der Waals surface area contributed by atoms with Crippen LogP contribution in [0.5, 0.6) is 0 Å². The number of benzene rings is 2. The first-order valence-corrected chi connectivity index (χ1v) is 10.3. The average molecular weight is 429 g/mol. The summed E-state index contributed by atoms with van der Waals surface area (Å²) >= 11 is 0. The molecule has 2 aromatic rings. The maximum absolute atomic E-state index is 13.3. The van der Waals surface area contributed by atoms with Crippen molar-refractivity contribution in [1.29, 1.82) is 0 Å². The number of para-hydroxylation sites is 1. The Balaban J connectivity index is 2.33. The average Bonchev–Trinajstić information content (AvgIpc) is 2.73. The predicted molar refractivity (Wildman–Crippen MR) is 116 cm³/mol. The zero-order chi connectivity index (χ0) is 23.0. The molecule has 0 bridgehead atoms. The molecule has 0 saturated carbocycles. The molecule has 2 amide bonds. The van der Waals surface area contributed by atoms with Gasteiger partial charge in [-0.3, -0.25) is 19.7 Å². The van der Waals surface area contributed by atoms with Crippen LogP contribution in [0.4, 0.5) is 10.1 Å². The molecule has 0 spiro atoms. The molecule has 0 unspecified atom stereocenters. The SMILES string of the molecule is CC[C@H](C(=O)NCC(C)C)N(Cc1ccc(F)cc1)C(=O)Cc1ccccc1[N+](=O)[O-]. The van der Waals surface area contributed by atoms with Crippen molar-refractivity contribution in [3.8, 4) is 0 Å². The van der Waals surface area contributed by atoms with Gasteiger partial charge in [0.15, 0.2) is 0 Å². The summed E-state index contributed by atoms with van der Waals surface area (Å²) in [5.41, 5.74) is 0.793. The van der Waals surface area contributed by atoms with Gasteiger partial charge in [0.25, 0.3) is 5.69 Å². The normalized spacial score (nSPS) is 11.8. The van der Waals surface area contributed by atoms with Gasteiger partial charge in [0, 0.05) is 24.7 Å². The number of halogens is 1. The van der Waals surface area contributed by atoms with E-state index >= 15 is 0 Å². The van der Waals surface area contributed by atoms with E-state index in [0.717, 1.165) is 0 Å². The van der Waals surface area contributed by atoms with Gasteiger partial charge in [-0.1, -0.05) is 51.1 Å². The van der Waals surface area contributed by atoms with E-state index in [-0.39, 0.29) is 36.0 Å². The smallest absolute Gasteiger partial charge is 0.273 e. The van der Waals surface area contributed by atoms with E-state index in [4.69, 9.17) is 0 Å². The number of nitrogens with zero attached hydrogens (tertiary/aromatic N) is 2. The Bertz CT molecular complexity index is 915. The first-order valence-electron chi connectivity index (χ1n) is 10.3. The molecule has 1 N–H and O–H groups in total. The summed E-state index contributed by atoms with van der Waals surface area (Å²) in [6.07, 6.45) is 0.153. The molecule has 0 aromatic heterocycles. The molecule has 2 rings (SSSR count). The maximum atomic E-state index is 13.3. The second-order valence-electron chi connectivity index (χ2n) is 7.77. The highest BCUT2D eigenvalue weighted by molar-refractivity contribution is 5.88. The highest BCUT2D eigenvalue weighted by Gasteiger charge is 2.30. The van der Waals surface area contributed by atoms with Crippen LogP contribution in [0.25, 0.3) is 0 Å². The minimum absolute atomic E-state index is 0.0906. The third kappa shape index (κ3) is 6.87. The van der Waals surface area contributed by atoms with E-state index < -0.39 is 22.7 Å². The maximum Gasteiger partial charge on any atom is 0.273 e. The van der Waals surface area contributed by atoms with E-state index in [1.807, 2.05) is 13.8 Å². The van der Waals surface area contributed by atoms with Crippen molar-refractivity contribution in [2.75, 3.05) is 6.54 Å². The van der Waals surface area contributed by atoms with Crippen molar-refractivity contribution in [3.63, 3.8) is 0 Å². The number of hydrogen-bond acceptors (Lipinski definition) is 4. The second kappa shape index (κ2) is 11.2. The minimum atomic E-state index is -0.751. The third-order valence-corrected chi connectivity index (χ3v) is 4.87. The van der Waals surface area contributed by atoms with E-state index in [1.54, 1.807) is 25.1 Å². The lowest BCUT2D eigenvalue weighted by Gasteiger charge is -2.31. The van der Waals surface area contributed by atoms with E-state index in [0.29, 0.717) is 18.5 Å². The highest BCUT2D eigenvalue weighted by Crippen LogP contribution is 2.21. The summed E-state index contributed by atoms with van der Waals surface area (Å²) in [4.78, 5) is 38.3. The highest BCUT2D eigenvalue weighted by atomic mass is 19.1. The molecule has 2 aromatic carbocycles. The molecular formula is C23H28FN3O4. The number of nitro benzene ring substituents is 1. The standard InChI is InChI=1S/C23H28FN3O4/c1-4-20(23(29)25-14-16(2)3)26(15-17-9-11-19(24)12-10-17)22(28)13-18-7-5-6-8-21(18)27(30)31/h5-12,16,20H,4,13-15H2,1-3H3,(H,25,29)/t20-/m1/s1. The van der Waals surface area contributed by atoms with E-state index in [1.165, 1.54) is 35.2 Å². The van der Waals surface area contributed by atoms with Gasteiger partial charge >= 0.3 is 0 Å². The fourth-order valence-corrected chi connectivity index (χ4v) is 3.23. The molecule has 0 radical (unpaired) electrons. The summed E-state index contributed by atoms with van der Waals surface area (Å²) in [7, 11) is 0. The monoisotopic (exact) mass is 429 g/mol. The Kier molecular flexibility index (Phi) is 8.66. The van der Waals surface area contributed by atoms with Gasteiger partial charge in [-0.2, -0.15) is 0 Å². The lowest BCUT2D eigenvalue weighted by Crippen LogP contribution is -2.50. The summed E-state index contributed by atoms with van der Waals surface area (Å²) in [6, 6.07) is 11.0. The Morgan fingerprint density at radius 2 is 1.77 bits per heavy atom. The van der Waals surface area contributed by atoms with Crippen LogP contribution >= 0.6 is 0 Å². The molecule has 166 valence electrons. The van der Waals surface area contributed by atoms with E-state index in [9.17, 15) is 24.1 Å². The van der Waals surface area contributed by atoms with E-state index in [2.05, 4.69) is 5.32 Å². The number of nitrogens with one attached hydrogen (secondary N) is 1. The van der Waals surface area contributed by atoms with Crippen molar-refractivity contribution >= 4 is 17.5 Å². The van der Waals surface area contributed by atoms with Crippen molar-refractivity contribution < 1.29 is 18.9 Å². The first-order chi connectivity index (χ1) is 14.7. The third-order valence-electron chi connectivity index (χ3n) is 4.87. The molecule has 0 aliphatic rings. The van der Waals surface area contributed by atoms with Crippen LogP contribution in [0.3, 0.4) is 0 Å². The second-order valence-corrected chi connectivity index (χ2v) is 7.77. The fourth-order valence-electron chi connectivity index (χ4n) is 3.23. The molecule has 0 fully saturated rings. The summed E-state index contributed by atoms with van der Waals surface area (Å²) in [5.74, 6) is -0.850. The summed E-state index contributed by atoms with van der Waals surface area (Å²) in [6.45, 7) is 6.30. The topological polar surface area (TPSA) is 92.6 Å². The van der Waals surface area contributed by atoms with Gasteiger partial charge in [0.1, 0.15) is 11.9 Å². The van der Waals surface area contributed by atoms with Crippen LogP contribution in [-0.4, -0.2) is 34.2 Å². The minimum Gasteiger partial charge on any atom is -0.354 e. The number of carbonyl (C=O) groups is 2. The molecule has 0 aliphatic heterocycles. The van der Waals surface area contributed by atoms with Crippen molar-refractivity contribution in [2.24, 2.45) is 5.92 Å². The molecule has 0 saturated heterocycles. The number of nitro groups is 1. The number of amides is 2. The molecular weight excluding hydrogens is 401 g/mol. The van der Waals surface area contributed by atoms with Crippen LogP contribution in [0.15, 0.2) is 48.5 Å². The number of rotatable bonds is 10. The molecule has 0 aliphatic carbocycles. The van der Waals surface area contributed by atoms with Crippen LogP contribution < -0.4 is 5.32 Å². The van der Waals surface area contributed by atoms with Crippen LogP contribution in [0.1, 0.15) is 38.3 Å². The quantitative estimate of drug-likeness (QED) is 0.459. The lowest BCUT2D eigenvalue weighted by molar-refractivity contribution is -0.385. The lowest BCUT2D eigenvalue weighted by atomic mass is 10.1. The first kappa shape index (κ1) is 24.0. The molecule has 1 atom stereocenters. The van der Waals surface area contributed by atoms with Gasteiger partial charge < -0.3 is 10.2 Å². The van der Waals surface area contributed by atoms with Gasteiger partial charge in [-0.15, -0.1) is 0 Å². The number of hydrogen-bond donors (Lipinski definition) is 1. The zero-order valence-electron chi connectivity index (χ0n) is 18.0. The number of carbonyl (C=O) groups excluding carboxylic acids is 2. The molecule has 7 nitrogen and oxygen atoms in total.